The topological polar surface area (TPSA) is 83.2 Å². The standard InChI is InChI=1S/C15H12N2O3/c1-9-5-6-17-14(13(9)8-16)20-11-3-4-12(15(18)19)10(2)7-11/h3-7H,1-2H3,(H,18,19). The summed E-state index contributed by atoms with van der Waals surface area (Å²) in [6, 6.07) is 8.39. The molecule has 2 aromatic rings. The number of nitrogens with zero attached hydrogens (tertiary/aromatic N) is 2. The maximum absolute atomic E-state index is 10.9. The minimum atomic E-state index is -0.986. The van der Waals surface area contributed by atoms with Gasteiger partial charge in [0.25, 0.3) is 0 Å². The molecule has 1 aromatic heterocycles. The van der Waals surface area contributed by atoms with Crippen molar-refractivity contribution in [1.29, 1.82) is 5.26 Å². The molecule has 5 nitrogen and oxygen atoms in total. The molecule has 0 amide bonds. The van der Waals surface area contributed by atoms with Crippen molar-refractivity contribution < 1.29 is 14.6 Å². The summed E-state index contributed by atoms with van der Waals surface area (Å²) in [5.41, 5.74) is 1.94. The van der Waals surface area contributed by atoms with E-state index in [4.69, 9.17) is 15.1 Å². The number of hydrogen-bond donors (Lipinski definition) is 1. The molecule has 0 saturated carbocycles. The van der Waals surface area contributed by atoms with Gasteiger partial charge in [0.05, 0.1) is 5.56 Å². The Balaban J connectivity index is 2.37. The Kier molecular flexibility index (Phi) is 3.67. The minimum Gasteiger partial charge on any atom is -0.478 e. The van der Waals surface area contributed by atoms with E-state index in [2.05, 4.69) is 4.98 Å². The van der Waals surface area contributed by atoms with Gasteiger partial charge in [-0.1, -0.05) is 0 Å². The fourth-order valence-electron chi connectivity index (χ4n) is 1.80. The molecule has 0 aliphatic carbocycles. The molecule has 0 aliphatic heterocycles. The fraction of sp³-hybridized carbons (Fsp3) is 0.133. The first-order valence-electron chi connectivity index (χ1n) is 5.90. The number of carboxylic acid groups (broad SMARTS) is 1. The molecule has 0 fully saturated rings. The largest absolute Gasteiger partial charge is 0.478 e. The molecule has 100 valence electrons. The molecule has 0 spiro atoms. The number of aryl methyl sites for hydroxylation is 2. The number of aromatic nitrogens is 1. The van der Waals surface area contributed by atoms with Gasteiger partial charge in [0.2, 0.25) is 5.88 Å². The summed E-state index contributed by atoms with van der Waals surface area (Å²) in [6.07, 6.45) is 1.56. The van der Waals surface area contributed by atoms with Crippen LogP contribution in [0.5, 0.6) is 11.6 Å². The maximum atomic E-state index is 10.9. The van der Waals surface area contributed by atoms with Gasteiger partial charge in [0.15, 0.2) is 0 Å². The second-order valence-corrected chi connectivity index (χ2v) is 4.30. The summed E-state index contributed by atoms with van der Waals surface area (Å²) in [6.45, 7) is 3.48. The molecule has 1 heterocycles. The second-order valence-electron chi connectivity index (χ2n) is 4.30. The highest BCUT2D eigenvalue weighted by Crippen LogP contribution is 2.26. The third kappa shape index (κ3) is 2.59. The molecule has 0 atom stereocenters. The first kappa shape index (κ1) is 13.6. The first-order chi connectivity index (χ1) is 9.52. The van der Waals surface area contributed by atoms with Gasteiger partial charge in [-0.25, -0.2) is 9.78 Å². The molecule has 0 saturated heterocycles. The lowest BCUT2D eigenvalue weighted by Gasteiger charge is -2.09. The molecule has 0 radical (unpaired) electrons. The number of aromatic carboxylic acids is 1. The lowest BCUT2D eigenvalue weighted by atomic mass is 10.1. The Labute approximate surface area is 116 Å². The first-order valence-corrected chi connectivity index (χ1v) is 5.90. The van der Waals surface area contributed by atoms with Crippen LogP contribution in [0.25, 0.3) is 0 Å². The number of nitriles is 1. The van der Waals surface area contributed by atoms with Crippen LogP contribution >= 0.6 is 0 Å². The molecule has 0 aliphatic rings. The van der Waals surface area contributed by atoms with Crippen molar-refractivity contribution in [2.45, 2.75) is 13.8 Å². The predicted octanol–water partition coefficient (Wildman–Crippen LogP) is 3.06. The zero-order chi connectivity index (χ0) is 14.7. The Bertz CT molecular complexity index is 718. The van der Waals surface area contributed by atoms with E-state index in [9.17, 15) is 4.79 Å². The van der Waals surface area contributed by atoms with E-state index < -0.39 is 5.97 Å². The summed E-state index contributed by atoms with van der Waals surface area (Å²) < 4.78 is 5.57. The van der Waals surface area contributed by atoms with Gasteiger partial charge in [-0.2, -0.15) is 5.26 Å². The van der Waals surface area contributed by atoms with Crippen molar-refractivity contribution in [1.82, 2.24) is 4.98 Å². The highest BCUT2D eigenvalue weighted by atomic mass is 16.5. The Morgan fingerprint density at radius 1 is 1.30 bits per heavy atom. The maximum Gasteiger partial charge on any atom is 0.335 e. The van der Waals surface area contributed by atoms with Crippen LogP contribution in [0.2, 0.25) is 0 Å². The number of pyridine rings is 1. The highest BCUT2D eigenvalue weighted by Gasteiger charge is 2.11. The quantitative estimate of drug-likeness (QED) is 0.924. The molecule has 5 heteroatoms. The van der Waals surface area contributed by atoms with E-state index in [0.29, 0.717) is 16.9 Å². The summed E-state index contributed by atoms with van der Waals surface area (Å²) in [7, 11) is 0. The third-order valence-electron chi connectivity index (χ3n) is 2.88. The molecular weight excluding hydrogens is 256 g/mol. The van der Waals surface area contributed by atoms with Gasteiger partial charge < -0.3 is 9.84 Å². The molecule has 1 N–H and O–H groups in total. The van der Waals surface area contributed by atoms with Crippen molar-refractivity contribution in [2.75, 3.05) is 0 Å². The lowest BCUT2D eigenvalue weighted by Crippen LogP contribution is -2.00. The average molecular weight is 268 g/mol. The summed E-state index contributed by atoms with van der Waals surface area (Å²) in [4.78, 5) is 15.0. The smallest absolute Gasteiger partial charge is 0.335 e. The molecule has 2 rings (SSSR count). The van der Waals surface area contributed by atoms with Crippen LogP contribution in [0.3, 0.4) is 0 Å². The normalized spacial score (nSPS) is 9.85. The van der Waals surface area contributed by atoms with Crippen molar-refractivity contribution in [3.8, 4) is 17.7 Å². The summed E-state index contributed by atoms with van der Waals surface area (Å²) >= 11 is 0. The van der Waals surface area contributed by atoms with E-state index in [-0.39, 0.29) is 11.4 Å². The van der Waals surface area contributed by atoms with Crippen molar-refractivity contribution in [3.05, 3.63) is 52.7 Å². The Hall–Kier alpha value is -2.87. The van der Waals surface area contributed by atoms with Gasteiger partial charge in [-0.05, 0) is 49.2 Å². The van der Waals surface area contributed by atoms with Crippen LogP contribution in [0, 0.1) is 25.2 Å². The Morgan fingerprint density at radius 3 is 2.65 bits per heavy atom. The number of carboxylic acids is 1. The van der Waals surface area contributed by atoms with E-state index >= 15 is 0 Å². The van der Waals surface area contributed by atoms with Gasteiger partial charge in [-0.3, -0.25) is 0 Å². The van der Waals surface area contributed by atoms with E-state index in [1.54, 1.807) is 38.2 Å². The second kappa shape index (κ2) is 5.41. The van der Waals surface area contributed by atoms with Gasteiger partial charge >= 0.3 is 5.97 Å². The molecular formula is C15H12N2O3. The Morgan fingerprint density at radius 2 is 2.05 bits per heavy atom. The van der Waals surface area contributed by atoms with E-state index in [1.165, 1.54) is 6.07 Å². The summed E-state index contributed by atoms with van der Waals surface area (Å²) in [5, 5.41) is 18.1. The van der Waals surface area contributed by atoms with Gasteiger partial charge in [0, 0.05) is 6.20 Å². The van der Waals surface area contributed by atoms with Gasteiger partial charge in [0.1, 0.15) is 17.4 Å². The summed E-state index contributed by atoms with van der Waals surface area (Å²) in [5.74, 6) is -0.322. The van der Waals surface area contributed by atoms with Crippen LogP contribution in [0.1, 0.15) is 27.0 Å². The third-order valence-corrected chi connectivity index (χ3v) is 2.88. The van der Waals surface area contributed by atoms with Crippen LogP contribution in [-0.2, 0) is 0 Å². The van der Waals surface area contributed by atoms with Crippen LogP contribution < -0.4 is 4.74 Å². The lowest BCUT2D eigenvalue weighted by molar-refractivity contribution is 0.0696. The highest BCUT2D eigenvalue weighted by molar-refractivity contribution is 5.89. The zero-order valence-corrected chi connectivity index (χ0v) is 11.0. The van der Waals surface area contributed by atoms with Crippen molar-refractivity contribution in [2.24, 2.45) is 0 Å². The zero-order valence-electron chi connectivity index (χ0n) is 11.0. The molecule has 20 heavy (non-hydrogen) atoms. The van der Waals surface area contributed by atoms with Crippen LogP contribution in [0.4, 0.5) is 0 Å². The molecule has 0 bridgehead atoms. The minimum absolute atomic E-state index is 0.218. The van der Waals surface area contributed by atoms with Crippen LogP contribution in [0.15, 0.2) is 30.5 Å². The van der Waals surface area contributed by atoms with E-state index in [0.717, 1.165) is 5.56 Å². The monoisotopic (exact) mass is 268 g/mol. The van der Waals surface area contributed by atoms with Crippen molar-refractivity contribution >= 4 is 5.97 Å². The average Bonchev–Trinajstić information content (AvgIpc) is 2.38. The van der Waals surface area contributed by atoms with E-state index in [1.807, 2.05) is 6.07 Å². The number of hydrogen-bond acceptors (Lipinski definition) is 4. The molecule has 1 aromatic carbocycles. The number of rotatable bonds is 3. The predicted molar refractivity (Wildman–Crippen MR) is 71.9 cm³/mol. The molecule has 0 unspecified atom stereocenters. The van der Waals surface area contributed by atoms with Crippen molar-refractivity contribution in [3.63, 3.8) is 0 Å². The van der Waals surface area contributed by atoms with Crippen LogP contribution in [-0.4, -0.2) is 16.1 Å². The SMILES string of the molecule is Cc1cc(Oc2nccc(C)c2C#N)ccc1C(=O)O. The number of ether oxygens (including phenoxy) is 1. The fourth-order valence-corrected chi connectivity index (χ4v) is 1.80. The van der Waals surface area contributed by atoms with Gasteiger partial charge in [-0.15, -0.1) is 0 Å². The number of carbonyl (C=O) groups is 1. The number of benzene rings is 1.